The molecular formula is C24H22N2O6S. The number of hydrogen-bond donors (Lipinski definition) is 2. The molecule has 2 aliphatic rings. The number of para-hydroxylation sites is 2. The fraction of sp³-hybridized carbons (Fsp3) is 0.208. The summed E-state index contributed by atoms with van der Waals surface area (Å²) >= 11 is 0. The lowest BCUT2D eigenvalue weighted by molar-refractivity contribution is 0.0934. The number of anilines is 1. The molecule has 5 rings (SSSR count). The second kappa shape index (κ2) is 8.67. The molecule has 3 aromatic carbocycles. The molecule has 0 fully saturated rings. The molecule has 2 N–H and O–H groups in total. The summed E-state index contributed by atoms with van der Waals surface area (Å²) in [5, 5.41) is 2.85. The van der Waals surface area contributed by atoms with Crippen LogP contribution < -0.4 is 24.2 Å². The van der Waals surface area contributed by atoms with Gasteiger partial charge >= 0.3 is 0 Å². The minimum absolute atomic E-state index is 0.0130. The lowest BCUT2D eigenvalue weighted by Crippen LogP contribution is -2.34. The summed E-state index contributed by atoms with van der Waals surface area (Å²) in [7, 11) is -3.96. The number of sulfonamides is 1. The van der Waals surface area contributed by atoms with Gasteiger partial charge in [0.2, 0.25) is 0 Å². The lowest BCUT2D eigenvalue weighted by Gasteiger charge is -2.19. The maximum absolute atomic E-state index is 13.0. The standard InChI is InChI=1S/C24H22N2O6S/c27-24(25-15-17-13-16-5-1-4-8-21(16)32-17)19-6-2-3-7-20(19)26-33(28,29)18-9-10-22-23(14-18)31-12-11-30-22/h1-10,14,17,26H,11-13,15H2,(H,25,27). The first-order chi connectivity index (χ1) is 16.0. The molecule has 33 heavy (non-hydrogen) atoms. The van der Waals surface area contributed by atoms with E-state index in [0.29, 0.717) is 37.7 Å². The molecule has 0 aromatic heterocycles. The van der Waals surface area contributed by atoms with Crippen molar-refractivity contribution < 1.29 is 27.4 Å². The Hall–Kier alpha value is -3.72. The minimum Gasteiger partial charge on any atom is -0.488 e. The summed E-state index contributed by atoms with van der Waals surface area (Å²) in [5.41, 5.74) is 1.50. The van der Waals surface area contributed by atoms with Gasteiger partial charge in [0.1, 0.15) is 25.1 Å². The second-order valence-corrected chi connectivity index (χ2v) is 9.40. The zero-order chi connectivity index (χ0) is 22.8. The number of ether oxygens (including phenoxy) is 3. The number of nitrogens with one attached hydrogen (secondary N) is 2. The Morgan fingerprint density at radius 2 is 1.67 bits per heavy atom. The minimum atomic E-state index is -3.96. The van der Waals surface area contributed by atoms with Crippen molar-refractivity contribution in [2.45, 2.75) is 17.4 Å². The summed E-state index contributed by atoms with van der Waals surface area (Å²) in [5.74, 6) is 1.29. The van der Waals surface area contributed by atoms with E-state index in [0.717, 1.165) is 11.3 Å². The number of rotatable bonds is 6. The summed E-state index contributed by atoms with van der Waals surface area (Å²) in [6.45, 7) is 1.07. The first kappa shape index (κ1) is 21.1. The van der Waals surface area contributed by atoms with Crippen LogP contribution in [-0.4, -0.2) is 40.2 Å². The maximum Gasteiger partial charge on any atom is 0.262 e. The average molecular weight is 467 g/mol. The topological polar surface area (TPSA) is 103 Å². The number of fused-ring (bicyclic) bond motifs is 2. The van der Waals surface area contributed by atoms with Gasteiger partial charge in [-0.2, -0.15) is 0 Å². The molecule has 1 amide bonds. The van der Waals surface area contributed by atoms with Crippen LogP contribution in [0.25, 0.3) is 0 Å². The smallest absolute Gasteiger partial charge is 0.262 e. The van der Waals surface area contributed by atoms with E-state index < -0.39 is 15.9 Å². The quantitative estimate of drug-likeness (QED) is 0.579. The van der Waals surface area contributed by atoms with Gasteiger partial charge in [-0.1, -0.05) is 30.3 Å². The number of hydrogen-bond acceptors (Lipinski definition) is 6. The summed E-state index contributed by atoms with van der Waals surface area (Å²) in [6, 6.07) is 18.6. The van der Waals surface area contributed by atoms with Crippen LogP contribution in [-0.2, 0) is 16.4 Å². The van der Waals surface area contributed by atoms with E-state index in [-0.39, 0.29) is 22.3 Å². The van der Waals surface area contributed by atoms with Crippen molar-refractivity contribution in [3.8, 4) is 17.2 Å². The van der Waals surface area contributed by atoms with Crippen molar-refractivity contribution >= 4 is 21.6 Å². The molecule has 9 heteroatoms. The summed E-state index contributed by atoms with van der Waals surface area (Å²) < 4.78 is 45.3. The van der Waals surface area contributed by atoms with Gasteiger partial charge in [-0.15, -0.1) is 0 Å². The highest BCUT2D eigenvalue weighted by molar-refractivity contribution is 7.92. The van der Waals surface area contributed by atoms with Crippen LogP contribution in [0.15, 0.2) is 71.6 Å². The van der Waals surface area contributed by atoms with Crippen LogP contribution in [0.5, 0.6) is 17.2 Å². The molecule has 1 unspecified atom stereocenters. The molecule has 0 aliphatic carbocycles. The first-order valence-electron chi connectivity index (χ1n) is 10.5. The zero-order valence-corrected chi connectivity index (χ0v) is 18.4. The van der Waals surface area contributed by atoms with Gasteiger partial charge in [-0.05, 0) is 35.9 Å². The lowest BCUT2D eigenvalue weighted by atomic mass is 10.1. The largest absolute Gasteiger partial charge is 0.488 e. The first-order valence-corrected chi connectivity index (χ1v) is 12.0. The molecule has 0 bridgehead atoms. The Kier molecular flexibility index (Phi) is 5.55. The van der Waals surface area contributed by atoms with Crippen LogP contribution in [0, 0.1) is 0 Å². The fourth-order valence-electron chi connectivity index (χ4n) is 3.83. The molecule has 0 saturated heterocycles. The highest BCUT2D eigenvalue weighted by atomic mass is 32.2. The van der Waals surface area contributed by atoms with E-state index in [1.165, 1.54) is 12.1 Å². The van der Waals surface area contributed by atoms with Gasteiger partial charge in [0.05, 0.1) is 22.7 Å². The van der Waals surface area contributed by atoms with Gasteiger partial charge in [0.25, 0.3) is 15.9 Å². The van der Waals surface area contributed by atoms with Crippen LogP contribution >= 0.6 is 0 Å². The second-order valence-electron chi connectivity index (χ2n) is 7.72. The zero-order valence-electron chi connectivity index (χ0n) is 17.6. The van der Waals surface area contributed by atoms with Gasteiger partial charge in [-0.25, -0.2) is 8.42 Å². The van der Waals surface area contributed by atoms with E-state index in [4.69, 9.17) is 14.2 Å². The molecule has 0 spiro atoms. The normalized spacial score (nSPS) is 16.4. The Labute approximate surface area is 191 Å². The molecule has 3 aromatic rings. The Morgan fingerprint density at radius 1 is 0.909 bits per heavy atom. The molecule has 1 atom stereocenters. The summed E-state index contributed by atoms with van der Waals surface area (Å²) in [4.78, 5) is 12.9. The van der Waals surface area contributed by atoms with Gasteiger partial charge in [0.15, 0.2) is 11.5 Å². The van der Waals surface area contributed by atoms with Crippen molar-refractivity contribution in [3.63, 3.8) is 0 Å². The third-order valence-electron chi connectivity index (χ3n) is 5.44. The van der Waals surface area contributed by atoms with E-state index >= 15 is 0 Å². The maximum atomic E-state index is 13.0. The third-order valence-corrected chi connectivity index (χ3v) is 6.81. The van der Waals surface area contributed by atoms with Crippen molar-refractivity contribution in [3.05, 3.63) is 77.9 Å². The SMILES string of the molecule is O=C(NCC1Cc2ccccc2O1)c1ccccc1NS(=O)(=O)c1ccc2c(c1)OCCO2. The van der Waals surface area contributed by atoms with E-state index in [2.05, 4.69) is 10.0 Å². The number of amides is 1. The Balaban J connectivity index is 1.29. The number of carbonyl (C=O) groups is 1. The van der Waals surface area contributed by atoms with E-state index in [1.807, 2.05) is 24.3 Å². The highest BCUT2D eigenvalue weighted by Crippen LogP contribution is 2.33. The molecule has 170 valence electrons. The monoisotopic (exact) mass is 466 g/mol. The predicted molar refractivity (Wildman–Crippen MR) is 122 cm³/mol. The third kappa shape index (κ3) is 4.45. The summed E-state index contributed by atoms with van der Waals surface area (Å²) in [6.07, 6.45) is 0.530. The molecule has 8 nitrogen and oxygen atoms in total. The molecule has 0 radical (unpaired) electrons. The number of benzene rings is 3. The predicted octanol–water partition coefficient (Wildman–Crippen LogP) is 2.99. The molecule has 2 aliphatic heterocycles. The Bertz CT molecular complexity index is 1280. The van der Waals surface area contributed by atoms with Gasteiger partial charge < -0.3 is 19.5 Å². The molecule has 2 heterocycles. The van der Waals surface area contributed by atoms with Gasteiger partial charge in [-0.3, -0.25) is 9.52 Å². The van der Waals surface area contributed by atoms with Crippen molar-refractivity contribution in [1.82, 2.24) is 5.32 Å². The van der Waals surface area contributed by atoms with Crippen LogP contribution in [0.1, 0.15) is 15.9 Å². The van der Waals surface area contributed by atoms with E-state index in [1.54, 1.807) is 30.3 Å². The van der Waals surface area contributed by atoms with E-state index in [9.17, 15) is 13.2 Å². The van der Waals surface area contributed by atoms with Crippen molar-refractivity contribution in [2.24, 2.45) is 0 Å². The molecular weight excluding hydrogens is 444 g/mol. The van der Waals surface area contributed by atoms with Crippen molar-refractivity contribution in [1.29, 1.82) is 0 Å². The van der Waals surface area contributed by atoms with Crippen molar-refractivity contribution in [2.75, 3.05) is 24.5 Å². The molecule has 0 saturated carbocycles. The highest BCUT2D eigenvalue weighted by Gasteiger charge is 2.25. The fourth-order valence-corrected chi connectivity index (χ4v) is 4.93. The van der Waals surface area contributed by atoms with Crippen LogP contribution in [0.4, 0.5) is 5.69 Å². The Morgan fingerprint density at radius 3 is 2.52 bits per heavy atom. The van der Waals surface area contributed by atoms with Crippen LogP contribution in [0.3, 0.4) is 0 Å². The van der Waals surface area contributed by atoms with Gasteiger partial charge in [0, 0.05) is 12.5 Å². The average Bonchev–Trinajstić information content (AvgIpc) is 3.25. The van der Waals surface area contributed by atoms with Crippen LogP contribution in [0.2, 0.25) is 0 Å². The number of carbonyl (C=O) groups excluding carboxylic acids is 1.